The third-order valence-electron chi connectivity index (χ3n) is 1.55. The fraction of sp³-hybridized carbons (Fsp3) is 0.143. The summed E-state index contributed by atoms with van der Waals surface area (Å²) in [5.74, 6) is 1.75. The second-order valence-corrected chi connectivity index (χ2v) is 2.14. The molecule has 9 heavy (non-hydrogen) atoms. The van der Waals surface area contributed by atoms with Gasteiger partial charge < -0.3 is 9.84 Å². The van der Waals surface area contributed by atoms with Crippen molar-refractivity contribution in [2.75, 3.05) is 0 Å². The second-order valence-electron chi connectivity index (χ2n) is 2.14. The monoisotopic (exact) mass is 122 g/mol. The lowest BCUT2D eigenvalue weighted by Crippen LogP contribution is -2.00. The van der Waals surface area contributed by atoms with Gasteiger partial charge in [-0.3, -0.25) is 0 Å². The smallest absolute Gasteiger partial charge is 0.175 e. The van der Waals surface area contributed by atoms with E-state index >= 15 is 0 Å². The molecule has 2 bridgehead atoms. The van der Waals surface area contributed by atoms with E-state index in [9.17, 15) is 0 Å². The minimum absolute atomic E-state index is 0.238. The van der Waals surface area contributed by atoms with Crippen molar-refractivity contribution in [2.45, 2.75) is 6.92 Å². The van der Waals surface area contributed by atoms with E-state index in [1.54, 1.807) is 12.1 Å². The quantitative estimate of drug-likeness (QED) is 0.577. The van der Waals surface area contributed by atoms with Gasteiger partial charge in [0.1, 0.15) is 5.75 Å². The van der Waals surface area contributed by atoms with Crippen molar-refractivity contribution in [3.63, 3.8) is 0 Å². The van der Waals surface area contributed by atoms with Crippen LogP contribution in [0.25, 0.3) is 0 Å². The van der Waals surface area contributed by atoms with Crippen LogP contribution in [0.3, 0.4) is 0 Å². The van der Waals surface area contributed by atoms with Gasteiger partial charge in [0.25, 0.3) is 0 Å². The molecule has 0 amide bonds. The van der Waals surface area contributed by atoms with Crippen LogP contribution >= 0.6 is 0 Å². The largest absolute Gasteiger partial charge is 0.504 e. The number of ether oxygens (including phenoxy) is 1. The van der Waals surface area contributed by atoms with Gasteiger partial charge in [0.05, 0.1) is 0 Å². The van der Waals surface area contributed by atoms with Gasteiger partial charge in [-0.15, -0.1) is 0 Å². The molecular weight excluding hydrogens is 116 g/mol. The van der Waals surface area contributed by atoms with Crippen molar-refractivity contribution in [3.05, 3.63) is 17.7 Å². The van der Waals surface area contributed by atoms with Crippen molar-refractivity contribution >= 4 is 0 Å². The first-order chi connectivity index (χ1) is 4.29. The van der Waals surface area contributed by atoms with Gasteiger partial charge >= 0.3 is 0 Å². The van der Waals surface area contributed by atoms with Crippen molar-refractivity contribution in [1.29, 1.82) is 0 Å². The highest BCUT2D eigenvalue weighted by Crippen LogP contribution is 2.47. The zero-order chi connectivity index (χ0) is 6.43. The molecule has 0 fully saturated rings. The van der Waals surface area contributed by atoms with E-state index in [4.69, 9.17) is 9.84 Å². The van der Waals surface area contributed by atoms with Gasteiger partial charge in [-0.2, -0.15) is 0 Å². The van der Waals surface area contributed by atoms with Crippen LogP contribution < -0.4 is 4.74 Å². The highest BCUT2D eigenvalue weighted by molar-refractivity contribution is 5.61. The van der Waals surface area contributed by atoms with E-state index in [0.717, 1.165) is 11.3 Å². The minimum atomic E-state index is 0.238. The molecule has 2 heteroatoms. The maximum absolute atomic E-state index is 9.02. The molecule has 2 aliphatic rings. The van der Waals surface area contributed by atoms with Crippen molar-refractivity contribution in [1.82, 2.24) is 0 Å². The van der Waals surface area contributed by atoms with Crippen molar-refractivity contribution < 1.29 is 9.84 Å². The summed E-state index contributed by atoms with van der Waals surface area (Å²) in [5.41, 5.74) is 1.05. The Morgan fingerprint density at radius 1 is 1.44 bits per heavy atom. The summed E-state index contributed by atoms with van der Waals surface area (Å²) in [7, 11) is 0. The number of hydrogen-bond donors (Lipinski definition) is 1. The maximum atomic E-state index is 9.02. The predicted molar refractivity (Wildman–Crippen MR) is 32.9 cm³/mol. The van der Waals surface area contributed by atoms with Crippen LogP contribution in [-0.2, 0) is 0 Å². The minimum Gasteiger partial charge on any atom is -0.504 e. The van der Waals surface area contributed by atoms with Crippen molar-refractivity contribution in [2.24, 2.45) is 0 Å². The number of aromatic hydroxyl groups is 1. The van der Waals surface area contributed by atoms with E-state index in [-0.39, 0.29) is 5.75 Å². The Morgan fingerprint density at radius 2 is 2.22 bits per heavy atom. The molecule has 2 nitrogen and oxygen atoms in total. The summed E-state index contributed by atoms with van der Waals surface area (Å²) in [6.45, 7) is 1.92. The van der Waals surface area contributed by atoms with Crippen LogP contribution in [0.15, 0.2) is 12.1 Å². The number of hydrogen-bond acceptors (Lipinski definition) is 2. The summed E-state index contributed by atoms with van der Waals surface area (Å²) < 4.78 is 5.02. The SMILES string of the molecule is Cc1c2ccc(O)c1O2. The average molecular weight is 122 g/mol. The topological polar surface area (TPSA) is 29.5 Å². The predicted octanol–water partition coefficient (Wildman–Crippen LogP) is 1.81. The van der Waals surface area contributed by atoms with Gasteiger partial charge in [0.15, 0.2) is 11.5 Å². The molecule has 1 N–H and O–H groups in total. The van der Waals surface area contributed by atoms with Gasteiger partial charge in [0.2, 0.25) is 0 Å². The van der Waals surface area contributed by atoms with Crippen molar-refractivity contribution in [3.8, 4) is 17.2 Å². The average Bonchev–Trinajstić information content (AvgIpc) is 1.86. The molecule has 0 radical (unpaired) electrons. The zero-order valence-corrected chi connectivity index (χ0v) is 5.01. The van der Waals surface area contributed by atoms with Crippen LogP contribution in [0.2, 0.25) is 0 Å². The van der Waals surface area contributed by atoms with Crippen LogP contribution in [-0.4, -0.2) is 5.11 Å². The van der Waals surface area contributed by atoms with Gasteiger partial charge in [-0.25, -0.2) is 0 Å². The highest BCUT2D eigenvalue weighted by Gasteiger charge is 2.21. The van der Waals surface area contributed by atoms with Crippen LogP contribution in [0.1, 0.15) is 5.56 Å². The van der Waals surface area contributed by atoms with Gasteiger partial charge in [-0.1, -0.05) is 0 Å². The maximum Gasteiger partial charge on any atom is 0.175 e. The Labute approximate surface area is 52.7 Å². The molecule has 0 aromatic heterocycles. The summed E-state index contributed by atoms with van der Waals surface area (Å²) in [5, 5.41) is 9.02. The van der Waals surface area contributed by atoms with E-state index in [2.05, 4.69) is 0 Å². The lowest BCUT2D eigenvalue weighted by molar-refractivity contribution is 0.372. The molecule has 46 valence electrons. The number of aryl methyl sites for hydroxylation is 1. The molecule has 0 atom stereocenters. The molecule has 2 aliphatic heterocycles. The number of benzene rings is 1. The summed E-state index contributed by atoms with van der Waals surface area (Å²) in [6.07, 6.45) is 0. The van der Waals surface area contributed by atoms with Crippen LogP contribution in [0.5, 0.6) is 17.2 Å². The molecule has 1 aromatic carbocycles. The Balaban J connectivity index is 2.74. The summed E-state index contributed by atoms with van der Waals surface area (Å²) >= 11 is 0. The molecule has 1 aromatic rings. The lowest BCUT2D eigenvalue weighted by atomic mass is 10.1. The molecule has 0 saturated carbocycles. The van der Waals surface area contributed by atoms with E-state index in [0.29, 0.717) is 5.75 Å². The standard InChI is InChI=1S/C7H6O2/c1-4-6-3-2-5(8)7(4)9-6/h2-3,8H,1H3. The molecule has 0 saturated heterocycles. The Kier molecular flexibility index (Phi) is 0.628. The first-order valence-corrected chi connectivity index (χ1v) is 2.79. The Morgan fingerprint density at radius 3 is 2.56 bits per heavy atom. The lowest BCUT2D eigenvalue weighted by Gasteiger charge is -2.21. The van der Waals surface area contributed by atoms with E-state index in [1.165, 1.54) is 0 Å². The molecule has 3 rings (SSSR count). The third-order valence-corrected chi connectivity index (χ3v) is 1.55. The van der Waals surface area contributed by atoms with Gasteiger partial charge in [-0.05, 0) is 19.1 Å². The second kappa shape index (κ2) is 1.21. The zero-order valence-electron chi connectivity index (χ0n) is 5.01. The molecule has 0 spiro atoms. The van der Waals surface area contributed by atoms with E-state index < -0.39 is 0 Å². The van der Waals surface area contributed by atoms with Gasteiger partial charge in [0, 0.05) is 5.56 Å². The fourth-order valence-corrected chi connectivity index (χ4v) is 0.962. The van der Waals surface area contributed by atoms with E-state index in [1.807, 2.05) is 6.92 Å². The number of rotatable bonds is 0. The molecular formula is C7H6O2. The summed E-state index contributed by atoms with van der Waals surface area (Å²) in [6, 6.07) is 3.40. The Hall–Kier alpha value is -1.18. The first-order valence-electron chi connectivity index (χ1n) is 2.79. The molecule has 2 heterocycles. The number of phenolic OH excluding ortho intramolecular Hbond substituents is 1. The fourth-order valence-electron chi connectivity index (χ4n) is 0.962. The number of phenols is 1. The summed E-state index contributed by atoms with van der Waals surface area (Å²) in [4.78, 5) is 0. The highest BCUT2D eigenvalue weighted by atomic mass is 16.5. The first kappa shape index (κ1) is 4.68. The Bertz CT molecular complexity index is 259. The number of fused-ring (bicyclic) bond motifs is 2. The van der Waals surface area contributed by atoms with Crippen LogP contribution in [0, 0.1) is 6.92 Å². The normalized spacial score (nSPS) is 12.1. The molecule has 0 unspecified atom stereocenters. The molecule has 0 aliphatic carbocycles. The third kappa shape index (κ3) is 0.403. The van der Waals surface area contributed by atoms with Crippen LogP contribution in [0.4, 0.5) is 0 Å².